The smallest absolute Gasteiger partial charge is 0.160 e. The maximum Gasteiger partial charge on any atom is 0.160 e. The molecule has 0 amide bonds. The molecule has 2 nitrogen and oxygen atoms in total. The Hall–Kier alpha value is -3.56. The van der Waals surface area contributed by atoms with Crippen molar-refractivity contribution in [2.24, 2.45) is 17.8 Å². The first-order valence-electron chi connectivity index (χ1n) is 14.2. The van der Waals surface area contributed by atoms with E-state index < -0.39 is 8.24 Å². The van der Waals surface area contributed by atoms with Gasteiger partial charge in [-0.2, -0.15) is 0 Å². The first kappa shape index (κ1) is 23.5. The first-order valence-corrected chi connectivity index (χ1v) is 17.2. The van der Waals surface area contributed by atoms with E-state index in [0.717, 1.165) is 0 Å². The van der Waals surface area contributed by atoms with Gasteiger partial charge in [-0.15, -0.1) is 0 Å². The van der Waals surface area contributed by atoms with Gasteiger partial charge in [0.15, 0.2) is 8.24 Å². The summed E-state index contributed by atoms with van der Waals surface area (Å²) in [7, 11) is -2.03. The summed E-state index contributed by atoms with van der Waals surface area (Å²) < 4.78 is 2.79. The second-order valence-electron chi connectivity index (χ2n) is 11.8. The zero-order chi connectivity index (χ0) is 25.9. The predicted molar refractivity (Wildman–Crippen MR) is 166 cm³/mol. The van der Waals surface area contributed by atoms with Gasteiger partial charge in [0.05, 0.1) is 22.7 Å². The van der Waals surface area contributed by atoms with E-state index in [4.69, 9.17) is 0 Å². The van der Waals surface area contributed by atoms with Gasteiger partial charge in [0.2, 0.25) is 0 Å². The molecule has 7 rings (SSSR count). The molecule has 1 heterocycles. The molecule has 2 aliphatic carbocycles. The molecule has 0 saturated heterocycles. The van der Waals surface area contributed by atoms with Crippen LogP contribution in [0.25, 0.3) is 16.3 Å². The summed E-state index contributed by atoms with van der Waals surface area (Å²) in [5.41, 5.74) is 8.76. The van der Waals surface area contributed by atoms with E-state index in [0.29, 0.717) is 23.3 Å². The fourth-order valence-corrected chi connectivity index (χ4v) is 12.8. The Morgan fingerprint density at radius 3 is 2.21 bits per heavy atom. The van der Waals surface area contributed by atoms with Gasteiger partial charge in [-0.25, -0.2) is 0 Å². The Morgan fingerprint density at radius 1 is 0.816 bits per heavy atom. The van der Waals surface area contributed by atoms with Crippen molar-refractivity contribution < 1.29 is 0 Å². The maximum atomic E-state index is 3.72. The largest absolute Gasteiger partial charge is 0.366 e. The van der Waals surface area contributed by atoms with Crippen molar-refractivity contribution in [1.82, 2.24) is 0 Å². The Kier molecular flexibility index (Phi) is 5.59. The fourth-order valence-electron chi connectivity index (χ4n) is 8.02. The Balaban J connectivity index is 1.33. The van der Waals surface area contributed by atoms with Crippen LogP contribution < -0.4 is 9.88 Å². The van der Waals surface area contributed by atoms with Crippen molar-refractivity contribution >= 4 is 47.3 Å². The Morgan fingerprint density at radius 2 is 1.47 bits per heavy atom. The highest BCUT2D eigenvalue weighted by atomic mass is 28.3. The van der Waals surface area contributed by atoms with Gasteiger partial charge in [0, 0.05) is 0 Å². The lowest BCUT2D eigenvalue weighted by molar-refractivity contribution is 0.499. The van der Waals surface area contributed by atoms with Crippen molar-refractivity contribution in [1.29, 1.82) is 0 Å². The molecule has 190 valence electrons. The van der Waals surface area contributed by atoms with Gasteiger partial charge in [0.25, 0.3) is 0 Å². The summed E-state index contributed by atoms with van der Waals surface area (Å²) in [5.74, 6) is 1.85. The van der Waals surface area contributed by atoms with Crippen LogP contribution in [-0.4, -0.2) is 8.24 Å². The molecule has 0 radical (unpaired) electrons. The number of nitrogens with zero attached hydrogens (tertiary/aromatic N) is 1. The maximum absolute atomic E-state index is 3.72. The van der Waals surface area contributed by atoms with E-state index in [9.17, 15) is 0 Å². The molecule has 1 N–H and O–H groups in total. The van der Waals surface area contributed by atoms with Gasteiger partial charge in [-0.05, 0) is 75.9 Å². The van der Waals surface area contributed by atoms with Crippen LogP contribution in [0, 0.1) is 17.8 Å². The quantitative estimate of drug-likeness (QED) is 0.274. The van der Waals surface area contributed by atoms with Gasteiger partial charge < -0.3 is 9.88 Å². The predicted octanol–water partition coefficient (Wildman–Crippen LogP) is 9.93. The van der Waals surface area contributed by atoms with E-state index in [1.54, 1.807) is 5.57 Å². The second kappa shape index (κ2) is 9.02. The zero-order valence-electron chi connectivity index (χ0n) is 22.6. The van der Waals surface area contributed by atoms with Gasteiger partial charge >= 0.3 is 0 Å². The van der Waals surface area contributed by atoms with Crippen LogP contribution >= 0.6 is 0 Å². The number of para-hydroxylation sites is 4. The van der Waals surface area contributed by atoms with Crippen LogP contribution in [0.1, 0.15) is 25.3 Å². The minimum absolute atomic E-state index is 0.565. The molecule has 0 bridgehead atoms. The fraction of sp³-hybridized carbons (Fsp3) is 0.257. The van der Waals surface area contributed by atoms with E-state index in [1.165, 1.54) is 51.9 Å². The van der Waals surface area contributed by atoms with Gasteiger partial charge in [-0.3, -0.25) is 0 Å². The van der Waals surface area contributed by atoms with Crippen molar-refractivity contribution in [3.8, 4) is 0 Å². The number of anilines is 4. The third kappa shape index (κ3) is 3.52. The summed E-state index contributed by atoms with van der Waals surface area (Å²) in [6, 6.07) is 33.5. The van der Waals surface area contributed by atoms with Crippen molar-refractivity contribution in [2.45, 2.75) is 38.4 Å². The van der Waals surface area contributed by atoms with Crippen LogP contribution in [0.15, 0.2) is 109 Å². The second-order valence-corrected chi connectivity index (χ2v) is 16.2. The molecule has 0 spiro atoms. The van der Waals surface area contributed by atoms with Crippen LogP contribution in [0.2, 0.25) is 18.6 Å². The van der Waals surface area contributed by atoms with Crippen LogP contribution in [0.3, 0.4) is 0 Å². The molecule has 1 fully saturated rings. The molecule has 3 aliphatic rings. The molecule has 1 aliphatic heterocycles. The summed E-state index contributed by atoms with van der Waals surface area (Å²) in [5, 5.41) is 6.44. The minimum Gasteiger partial charge on any atom is -0.366 e. The molecule has 1 unspecified atom stereocenters. The topological polar surface area (TPSA) is 15.3 Å². The standard InChI is InChI=1S/C35H36N2Si/c1-4-24-23-30-28(27-16-11-14-25-13-5-6-15-26(25)27)17-12-18-29(30)35(24)38(2,3)37-33-21-9-7-19-31(33)36-32-20-8-10-22-34(32)37/h5-22,24,29-30,35-36H,4,23H2,1-3H3/t24-,29+,30-,35?/m1/s1. The molecule has 38 heavy (non-hydrogen) atoms. The monoisotopic (exact) mass is 512 g/mol. The minimum atomic E-state index is -2.03. The first-order chi connectivity index (χ1) is 18.6. The van der Waals surface area contributed by atoms with Crippen LogP contribution in [0.5, 0.6) is 0 Å². The van der Waals surface area contributed by atoms with E-state index in [1.807, 2.05) is 0 Å². The van der Waals surface area contributed by atoms with Crippen molar-refractivity contribution in [3.05, 3.63) is 115 Å². The molecule has 4 atom stereocenters. The summed E-state index contributed by atoms with van der Waals surface area (Å²) in [6.45, 7) is 7.68. The number of hydrogen-bond acceptors (Lipinski definition) is 2. The van der Waals surface area contributed by atoms with E-state index in [2.05, 4.69) is 139 Å². The Bertz CT molecular complexity index is 1530. The number of allylic oxidation sites excluding steroid dienone is 4. The Labute approximate surface area is 227 Å². The van der Waals surface area contributed by atoms with Crippen molar-refractivity contribution in [3.63, 3.8) is 0 Å². The molecule has 0 aromatic heterocycles. The zero-order valence-corrected chi connectivity index (χ0v) is 23.6. The molecular formula is C35H36N2Si. The van der Waals surface area contributed by atoms with Gasteiger partial charge in [-0.1, -0.05) is 111 Å². The lowest BCUT2D eigenvalue weighted by Crippen LogP contribution is -2.53. The van der Waals surface area contributed by atoms with Crippen LogP contribution in [0.4, 0.5) is 22.7 Å². The van der Waals surface area contributed by atoms with E-state index in [-0.39, 0.29) is 0 Å². The number of fused-ring (bicyclic) bond motifs is 4. The third-order valence-corrected chi connectivity index (χ3v) is 13.7. The van der Waals surface area contributed by atoms with Gasteiger partial charge in [0.1, 0.15) is 0 Å². The molecule has 1 saturated carbocycles. The number of nitrogens with one attached hydrogen (secondary N) is 1. The van der Waals surface area contributed by atoms with E-state index >= 15 is 0 Å². The average molecular weight is 513 g/mol. The molecule has 4 aromatic carbocycles. The lowest BCUT2D eigenvalue weighted by atomic mass is 9.80. The molecule has 4 aromatic rings. The summed E-state index contributed by atoms with van der Waals surface area (Å²) in [4.78, 5) is 0. The lowest BCUT2D eigenvalue weighted by Gasteiger charge is -2.49. The summed E-state index contributed by atoms with van der Waals surface area (Å²) >= 11 is 0. The molecular weight excluding hydrogens is 476 g/mol. The highest BCUT2D eigenvalue weighted by Crippen LogP contribution is 2.60. The highest BCUT2D eigenvalue weighted by molar-refractivity contribution is 6.84. The van der Waals surface area contributed by atoms with Crippen molar-refractivity contribution in [2.75, 3.05) is 9.88 Å². The highest BCUT2D eigenvalue weighted by Gasteiger charge is 2.54. The SMILES string of the molecule is CC[C@@H]1C[C@@H]2C(c3cccc4ccccc34)=CC=C[C@@H]2C1[Si](C)(C)N1c2ccccc2Nc2ccccc21. The number of rotatable bonds is 4. The third-order valence-electron chi connectivity index (χ3n) is 9.53. The molecule has 3 heteroatoms. The number of hydrogen-bond donors (Lipinski definition) is 1. The number of benzene rings is 4. The normalized spacial score (nSPS) is 23.9. The summed E-state index contributed by atoms with van der Waals surface area (Å²) in [6.07, 6.45) is 9.86. The average Bonchev–Trinajstić information content (AvgIpc) is 3.35. The van der Waals surface area contributed by atoms with Crippen LogP contribution in [-0.2, 0) is 0 Å².